The molecule has 2 aromatic rings. The zero-order chi connectivity index (χ0) is 16.9. The number of nitrogens with zero attached hydrogens (tertiary/aromatic N) is 4. The smallest absolute Gasteiger partial charge is 0.231 e. The van der Waals surface area contributed by atoms with Gasteiger partial charge in [0.25, 0.3) is 0 Å². The molecule has 1 aliphatic rings. The van der Waals surface area contributed by atoms with E-state index in [4.69, 9.17) is 13.7 Å². The van der Waals surface area contributed by atoms with Gasteiger partial charge in [-0.1, -0.05) is 19.0 Å². The first-order valence-electron chi connectivity index (χ1n) is 8.63. The summed E-state index contributed by atoms with van der Waals surface area (Å²) in [6.07, 6.45) is 4.66. The van der Waals surface area contributed by atoms with E-state index in [9.17, 15) is 0 Å². The topological polar surface area (TPSA) is 77.4 Å². The van der Waals surface area contributed by atoms with Crippen molar-refractivity contribution in [2.75, 3.05) is 26.8 Å². The molecule has 0 spiro atoms. The number of piperidine rings is 1. The van der Waals surface area contributed by atoms with Gasteiger partial charge >= 0.3 is 0 Å². The summed E-state index contributed by atoms with van der Waals surface area (Å²) in [6.45, 7) is 7.56. The van der Waals surface area contributed by atoms with E-state index in [2.05, 4.69) is 33.9 Å². The molecule has 1 atom stereocenters. The van der Waals surface area contributed by atoms with Crippen molar-refractivity contribution in [3.63, 3.8) is 0 Å². The van der Waals surface area contributed by atoms with Crippen LogP contribution in [0.4, 0.5) is 0 Å². The summed E-state index contributed by atoms with van der Waals surface area (Å²) in [6, 6.07) is 0. The van der Waals surface area contributed by atoms with Crippen molar-refractivity contribution < 1.29 is 13.7 Å². The zero-order valence-electron chi connectivity index (χ0n) is 14.7. The van der Waals surface area contributed by atoms with Gasteiger partial charge in [0.1, 0.15) is 6.26 Å². The lowest BCUT2D eigenvalue weighted by Crippen LogP contribution is -2.34. The largest absolute Gasteiger partial charge is 0.448 e. The molecule has 0 N–H and O–H groups in total. The van der Waals surface area contributed by atoms with Crippen LogP contribution >= 0.6 is 0 Å². The number of ether oxygens (including phenoxy) is 1. The molecule has 132 valence electrons. The Morgan fingerprint density at radius 2 is 2.25 bits per heavy atom. The maximum absolute atomic E-state index is 5.53. The van der Waals surface area contributed by atoms with Crippen LogP contribution in [0.3, 0.4) is 0 Å². The Hall–Kier alpha value is -1.73. The second-order valence-corrected chi connectivity index (χ2v) is 6.70. The van der Waals surface area contributed by atoms with Gasteiger partial charge in [0.15, 0.2) is 11.7 Å². The van der Waals surface area contributed by atoms with Crippen LogP contribution < -0.4 is 0 Å². The highest BCUT2D eigenvalue weighted by molar-refractivity contribution is 5.02. The van der Waals surface area contributed by atoms with Crippen molar-refractivity contribution in [1.29, 1.82) is 0 Å². The molecule has 1 aliphatic heterocycles. The van der Waals surface area contributed by atoms with Crippen LogP contribution in [-0.2, 0) is 17.7 Å². The lowest BCUT2D eigenvalue weighted by Gasteiger charge is -2.30. The monoisotopic (exact) mass is 334 g/mol. The molecule has 3 heterocycles. The van der Waals surface area contributed by atoms with E-state index in [0.717, 1.165) is 55.8 Å². The van der Waals surface area contributed by atoms with E-state index >= 15 is 0 Å². The molecule has 0 aromatic carbocycles. The van der Waals surface area contributed by atoms with E-state index in [1.807, 2.05) is 0 Å². The summed E-state index contributed by atoms with van der Waals surface area (Å²) in [4.78, 5) is 11.5. The quantitative estimate of drug-likeness (QED) is 0.770. The Balaban J connectivity index is 1.58. The van der Waals surface area contributed by atoms with E-state index in [1.165, 1.54) is 0 Å². The fraction of sp³-hybridized carbons (Fsp3) is 0.706. The molecule has 0 saturated carbocycles. The molecule has 2 aromatic heterocycles. The van der Waals surface area contributed by atoms with E-state index in [1.54, 1.807) is 13.4 Å². The van der Waals surface area contributed by atoms with E-state index < -0.39 is 0 Å². The fourth-order valence-electron chi connectivity index (χ4n) is 3.02. The maximum atomic E-state index is 5.53. The molecular formula is C17H26N4O3. The Labute approximate surface area is 142 Å². The lowest BCUT2D eigenvalue weighted by atomic mass is 9.98. The molecule has 7 heteroatoms. The molecule has 24 heavy (non-hydrogen) atoms. The SMILES string of the molecule is COCCc1noc([C@H]2CCCN(Cc3coc(C(C)C)n3)C2)n1. The maximum Gasteiger partial charge on any atom is 0.231 e. The highest BCUT2D eigenvalue weighted by Gasteiger charge is 2.26. The summed E-state index contributed by atoms with van der Waals surface area (Å²) < 4.78 is 16.0. The van der Waals surface area contributed by atoms with Gasteiger partial charge in [-0.05, 0) is 19.4 Å². The van der Waals surface area contributed by atoms with Crippen molar-refractivity contribution in [2.45, 2.75) is 51.5 Å². The number of oxazole rings is 1. The summed E-state index contributed by atoms with van der Waals surface area (Å²) >= 11 is 0. The highest BCUT2D eigenvalue weighted by Crippen LogP contribution is 2.27. The Bertz CT molecular complexity index is 637. The molecule has 1 saturated heterocycles. The number of aromatic nitrogens is 3. The van der Waals surface area contributed by atoms with Crippen LogP contribution in [0, 0.1) is 0 Å². The third-order valence-electron chi connectivity index (χ3n) is 4.32. The van der Waals surface area contributed by atoms with Crippen LogP contribution in [0.5, 0.6) is 0 Å². The third-order valence-corrected chi connectivity index (χ3v) is 4.32. The van der Waals surface area contributed by atoms with Gasteiger partial charge < -0.3 is 13.7 Å². The van der Waals surface area contributed by atoms with E-state index in [0.29, 0.717) is 24.9 Å². The van der Waals surface area contributed by atoms with Crippen LogP contribution in [0.1, 0.15) is 61.8 Å². The summed E-state index contributed by atoms with van der Waals surface area (Å²) in [7, 11) is 1.68. The molecule has 0 amide bonds. The molecule has 7 nitrogen and oxygen atoms in total. The average Bonchev–Trinajstić information content (AvgIpc) is 3.22. The van der Waals surface area contributed by atoms with Crippen LogP contribution in [-0.4, -0.2) is 46.8 Å². The normalized spacial score (nSPS) is 19.2. The summed E-state index contributed by atoms with van der Waals surface area (Å²) in [5, 5.41) is 4.05. The van der Waals surface area contributed by atoms with Crippen LogP contribution in [0.25, 0.3) is 0 Å². The number of methoxy groups -OCH3 is 1. The Kier molecular flexibility index (Phi) is 5.63. The van der Waals surface area contributed by atoms with Gasteiger partial charge in [0, 0.05) is 32.5 Å². The second-order valence-electron chi connectivity index (χ2n) is 6.70. The van der Waals surface area contributed by atoms with Gasteiger partial charge in [-0.15, -0.1) is 0 Å². The van der Waals surface area contributed by atoms with E-state index in [-0.39, 0.29) is 0 Å². The van der Waals surface area contributed by atoms with Crippen molar-refractivity contribution in [3.8, 4) is 0 Å². The number of likely N-dealkylation sites (tertiary alicyclic amines) is 1. The Morgan fingerprint density at radius 3 is 3.00 bits per heavy atom. The number of hydrogen-bond acceptors (Lipinski definition) is 7. The highest BCUT2D eigenvalue weighted by atomic mass is 16.5. The van der Waals surface area contributed by atoms with Crippen molar-refractivity contribution >= 4 is 0 Å². The van der Waals surface area contributed by atoms with Crippen molar-refractivity contribution in [1.82, 2.24) is 20.0 Å². The summed E-state index contributed by atoms with van der Waals surface area (Å²) in [5.74, 6) is 2.88. The van der Waals surface area contributed by atoms with Gasteiger partial charge in [-0.3, -0.25) is 4.90 Å². The lowest BCUT2D eigenvalue weighted by molar-refractivity contribution is 0.178. The molecule has 0 aliphatic carbocycles. The number of hydrogen-bond donors (Lipinski definition) is 0. The molecule has 1 fully saturated rings. The summed E-state index contributed by atoms with van der Waals surface area (Å²) in [5.41, 5.74) is 0.991. The Morgan fingerprint density at radius 1 is 1.38 bits per heavy atom. The molecule has 0 radical (unpaired) electrons. The van der Waals surface area contributed by atoms with Gasteiger partial charge in [-0.2, -0.15) is 4.98 Å². The molecule has 0 bridgehead atoms. The predicted octanol–water partition coefficient (Wildman–Crippen LogP) is 2.75. The fourth-order valence-corrected chi connectivity index (χ4v) is 3.02. The molecule has 3 rings (SSSR count). The first-order valence-corrected chi connectivity index (χ1v) is 8.63. The minimum Gasteiger partial charge on any atom is -0.448 e. The molecule has 0 unspecified atom stereocenters. The minimum atomic E-state index is 0.291. The van der Waals surface area contributed by atoms with Gasteiger partial charge in [-0.25, -0.2) is 4.98 Å². The number of rotatable bonds is 7. The van der Waals surface area contributed by atoms with Crippen LogP contribution in [0.15, 0.2) is 15.2 Å². The van der Waals surface area contributed by atoms with Crippen molar-refractivity contribution in [2.24, 2.45) is 0 Å². The standard InChI is InChI=1S/C17H26N4O3/c1-12(2)16-18-14(11-23-16)10-21-7-4-5-13(9-21)17-19-15(20-24-17)6-8-22-3/h11-13H,4-10H2,1-3H3/t13-/m0/s1. The molecular weight excluding hydrogens is 308 g/mol. The third kappa shape index (κ3) is 4.21. The van der Waals surface area contributed by atoms with Crippen LogP contribution in [0.2, 0.25) is 0 Å². The first-order chi connectivity index (χ1) is 11.7. The van der Waals surface area contributed by atoms with Gasteiger partial charge in [0.05, 0.1) is 18.2 Å². The first kappa shape index (κ1) is 17.1. The van der Waals surface area contributed by atoms with Gasteiger partial charge in [0.2, 0.25) is 5.89 Å². The second kappa shape index (κ2) is 7.90. The predicted molar refractivity (Wildman–Crippen MR) is 87.7 cm³/mol. The zero-order valence-corrected chi connectivity index (χ0v) is 14.7. The minimum absolute atomic E-state index is 0.291. The van der Waals surface area contributed by atoms with Crippen molar-refractivity contribution in [3.05, 3.63) is 29.6 Å². The average molecular weight is 334 g/mol.